The van der Waals surface area contributed by atoms with Crippen molar-refractivity contribution in [3.05, 3.63) is 89.7 Å². The summed E-state index contributed by atoms with van der Waals surface area (Å²) in [6, 6.07) is 16.8. The first-order valence-corrected chi connectivity index (χ1v) is 9.77. The van der Waals surface area contributed by atoms with Crippen LogP contribution in [0.4, 0.5) is 13.2 Å². The number of amides is 1. The fourth-order valence-corrected chi connectivity index (χ4v) is 4.41. The minimum Gasteiger partial charge on any atom is -0.323 e. The van der Waals surface area contributed by atoms with Crippen LogP contribution in [-0.4, -0.2) is 21.1 Å². The van der Waals surface area contributed by atoms with Crippen LogP contribution in [0, 0.1) is 0 Å². The zero-order valence-electron chi connectivity index (χ0n) is 14.8. The summed E-state index contributed by atoms with van der Waals surface area (Å²) < 4.78 is 40.6. The Kier molecular flexibility index (Phi) is 4.93. The third-order valence-corrected chi connectivity index (χ3v) is 5.89. The van der Waals surface area contributed by atoms with E-state index in [0.29, 0.717) is 18.0 Å². The quantitative estimate of drug-likeness (QED) is 0.594. The molecule has 144 valence electrons. The summed E-state index contributed by atoms with van der Waals surface area (Å²) in [6.07, 6.45) is -0.856. The Balaban J connectivity index is 1.59. The number of alkyl halides is 3. The molecule has 4 rings (SSSR count). The Labute approximate surface area is 164 Å². The first kappa shape index (κ1) is 18.7. The van der Waals surface area contributed by atoms with E-state index in [0.717, 1.165) is 23.3 Å². The van der Waals surface area contributed by atoms with E-state index in [1.54, 1.807) is 23.0 Å². The lowest BCUT2D eigenvalue weighted by Crippen LogP contribution is -2.27. The Hall–Kier alpha value is -2.67. The van der Waals surface area contributed by atoms with Gasteiger partial charge in [-0.25, -0.2) is 0 Å². The van der Waals surface area contributed by atoms with E-state index < -0.39 is 11.7 Å². The van der Waals surface area contributed by atoms with Crippen molar-refractivity contribution in [1.82, 2.24) is 9.47 Å². The van der Waals surface area contributed by atoms with Crippen molar-refractivity contribution in [2.24, 2.45) is 0 Å². The maximum absolute atomic E-state index is 13.0. The minimum atomic E-state index is -4.38. The second-order valence-corrected chi connectivity index (χ2v) is 7.64. The molecule has 1 aliphatic rings. The average Bonchev–Trinajstić information content (AvgIpc) is 3.30. The molecule has 1 aliphatic heterocycles. The van der Waals surface area contributed by atoms with Crippen LogP contribution in [0.5, 0.6) is 0 Å². The van der Waals surface area contributed by atoms with E-state index in [-0.39, 0.29) is 11.3 Å². The predicted molar refractivity (Wildman–Crippen MR) is 103 cm³/mol. The van der Waals surface area contributed by atoms with Crippen molar-refractivity contribution < 1.29 is 18.0 Å². The van der Waals surface area contributed by atoms with Crippen molar-refractivity contribution in [1.29, 1.82) is 0 Å². The molecule has 0 radical (unpaired) electrons. The molecular formula is C21H17F3N2OS. The Morgan fingerprint density at radius 1 is 1.04 bits per heavy atom. The van der Waals surface area contributed by atoms with Crippen LogP contribution in [0.1, 0.15) is 22.1 Å². The zero-order chi connectivity index (χ0) is 19.7. The highest BCUT2D eigenvalue weighted by molar-refractivity contribution is 8.00. The average molecular weight is 402 g/mol. The van der Waals surface area contributed by atoms with E-state index in [9.17, 15) is 18.0 Å². The summed E-state index contributed by atoms with van der Waals surface area (Å²) in [5, 5.41) is -0.153. The van der Waals surface area contributed by atoms with Gasteiger partial charge in [0.1, 0.15) is 5.37 Å². The van der Waals surface area contributed by atoms with E-state index >= 15 is 0 Å². The number of benzene rings is 2. The predicted octanol–water partition coefficient (Wildman–Crippen LogP) is 5.27. The van der Waals surface area contributed by atoms with Gasteiger partial charge < -0.3 is 9.47 Å². The molecule has 0 spiro atoms. The highest BCUT2D eigenvalue weighted by Crippen LogP contribution is 2.40. The van der Waals surface area contributed by atoms with Crippen LogP contribution in [0.25, 0.3) is 5.69 Å². The van der Waals surface area contributed by atoms with Crippen LogP contribution < -0.4 is 0 Å². The molecule has 1 unspecified atom stereocenters. The van der Waals surface area contributed by atoms with Crippen LogP contribution >= 0.6 is 11.8 Å². The van der Waals surface area contributed by atoms with Crippen molar-refractivity contribution in [3.63, 3.8) is 0 Å². The third-order valence-electron chi connectivity index (χ3n) is 4.64. The van der Waals surface area contributed by atoms with Gasteiger partial charge in [-0.1, -0.05) is 36.4 Å². The van der Waals surface area contributed by atoms with Gasteiger partial charge in [-0.3, -0.25) is 4.79 Å². The number of rotatable bonds is 4. The van der Waals surface area contributed by atoms with Gasteiger partial charge in [0.25, 0.3) is 0 Å². The molecule has 0 bridgehead atoms. The molecule has 0 aliphatic carbocycles. The number of halogens is 3. The van der Waals surface area contributed by atoms with E-state index in [2.05, 4.69) is 0 Å². The summed E-state index contributed by atoms with van der Waals surface area (Å²) in [5.74, 6) is 0.456. The van der Waals surface area contributed by atoms with E-state index in [1.165, 1.54) is 17.8 Å². The molecule has 2 aromatic carbocycles. The van der Waals surface area contributed by atoms with Crippen molar-refractivity contribution in [3.8, 4) is 5.69 Å². The number of hydrogen-bond donors (Lipinski definition) is 0. The van der Waals surface area contributed by atoms with E-state index in [1.807, 2.05) is 41.3 Å². The van der Waals surface area contributed by atoms with Gasteiger partial charge in [0.05, 0.1) is 11.3 Å². The minimum absolute atomic E-state index is 0.0608. The highest BCUT2D eigenvalue weighted by atomic mass is 32.2. The Morgan fingerprint density at radius 2 is 1.82 bits per heavy atom. The molecule has 3 aromatic rings. The van der Waals surface area contributed by atoms with Crippen LogP contribution in [0.2, 0.25) is 0 Å². The highest BCUT2D eigenvalue weighted by Gasteiger charge is 2.33. The monoisotopic (exact) mass is 402 g/mol. The number of nitrogens with zero attached hydrogens (tertiary/aromatic N) is 2. The van der Waals surface area contributed by atoms with Gasteiger partial charge in [0.15, 0.2) is 0 Å². The summed E-state index contributed by atoms with van der Waals surface area (Å²) in [7, 11) is 0. The van der Waals surface area contributed by atoms with Crippen molar-refractivity contribution in [2.75, 3.05) is 5.75 Å². The van der Waals surface area contributed by atoms with Gasteiger partial charge >= 0.3 is 6.18 Å². The number of carbonyl (C=O) groups is 1. The molecule has 28 heavy (non-hydrogen) atoms. The molecule has 3 nitrogen and oxygen atoms in total. The maximum atomic E-state index is 13.0. The van der Waals surface area contributed by atoms with Crippen LogP contribution in [0.15, 0.2) is 73.1 Å². The molecule has 1 amide bonds. The number of hydrogen-bond acceptors (Lipinski definition) is 2. The summed E-state index contributed by atoms with van der Waals surface area (Å²) >= 11 is 1.53. The first-order valence-electron chi connectivity index (χ1n) is 8.72. The second kappa shape index (κ2) is 7.39. The van der Waals surface area contributed by atoms with E-state index in [4.69, 9.17) is 0 Å². The molecule has 0 saturated carbocycles. The first-order chi connectivity index (χ1) is 13.4. The molecule has 1 fully saturated rings. The van der Waals surface area contributed by atoms with Gasteiger partial charge in [-0.15, -0.1) is 11.8 Å². The Bertz CT molecular complexity index is 985. The van der Waals surface area contributed by atoms with Gasteiger partial charge in [-0.05, 0) is 29.8 Å². The van der Waals surface area contributed by atoms with Gasteiger partial charge in [0.2, 0.25) is 5.91 Å². The lowest BCUT2D eigenvalue weighted by atomic mass is 10.2. The smallest absolute Gasteiger partial charge is 0.323 e. The van der Waals surface area contributed by atoms with Gasteiger partial charge in [0, 0.05) is 30.2 Å². The normalized spacial score (nSPS) is 17.3. The van der Waals surface area contributed by atoms with Gasteiger partial charge in [-0.2, -0.15) is 13.2 Å². The molecule has 1 saturated heterocycles. The SMILES string of the molecule is O=C1CSC(c2ccn(-c3cccc(C(F)(F)F)c3)c2)N1Cc1ccccc1. The largest absolute Gasteiger partial charge is 0.416 e. The zero-order valence-corrected chi connectivity index (χ0v) is 15.6. The lowest BCUT2D eigenvalue weighted by Gasteiger charge is -2.23. The molecular weight excluding hydrogens is 385 g/mol. The molecule has 1 atom stereocenters. The number of carbonyl (C=O) groups excluding carboxylic acids is 1. The van der Waals surface area contributed by atoms with Crippen molar-refractivity contribution >= 4 is 17.7 Å². The molecule has 2 heterocycles. The number of thioether (sulfide) groups is 1. The third kappa shape index (κ3) is 3.80. The maximum Gasteiger partial charge on any atom is 0.416 e. The Morgan fingerprint density at radius 3 is 2.57 bits per heavy atom. The number of aromatic nitrogens is 1. The second-order valence-electron chi connectivity index (χ2n) is 6.57. The molecule has 1 aromatic heterocycles. The fourth-order valence-electron chi connectivity index (χ4n) is 3.24. The summed E-state index contributed by atoms with van der Waals surface area (Å²) in [6.45, 7) is 0.506. The molecule has 0 N–H and O–H groups in total. The lowest BCUT2D eigenvalue weighted by molar-refractivity contribution is -0.137. The standard InChI is InChI=1S/C21H17F3N2OS/c22-21(23,24)17-7-4-8-18(11-17)25-10-9-16(13-25)20-26(19(27)14-28-20)12-15-5-2-1-3-6-15/h1-11,13,20H,12,14H2. The van der Waals surface area contributed by atoms with Crippen LogP contribution in [0.3, 0.4) is 0 Å². The summed E-state index contributed by atoms with van der Waals surface area (Å²) in [5.41, 5.74) is 1.69. The summed E-state index contributed by atoms with van der Waals surface area (Å²) in [4.78, 5) is 14.2. The fraction of sp³-hybridized carbons (Fsp3) is 0.190. The molecule has 7 heteroatoms. The van der Waals surface area contributed by atoms with Crippen LogP contribution in [-0.2, 0) is 17.5 Å². The topological polar surface area (TPSA) is 25.2 Å². The van der Waals surface area contributed by atoms with Crippen molar-refractivity contribution in [2.45, 2.75) is 18.1 Å².